The minimum atomic E-state index is 0. The summed E-state index contributed by atoms with van der Waals surface area (Å²) in [5.41, 5.74) is 3.81. The Kier molecular flexibility index (Phi) is 13.1. The summed E-state index contributed by atoms with van der Waals surface area (Å²) in [5.74, 6) is 1.86. The van der Waals surface area contributed by atoms with Gasteiger partial charge in [0.2, 0.25) is 0 Å². The molecule has 0 aromatic heterocycles. The summed E-state index contributed by atoms with van der Waals surface area (Å²) in [5, 5.41) is 0. The van der Waals surface area contributed by atoms with Crippen LogP contribution in [-0.2, 0) is 0 Å². The molecule has 0 aliphatic heterocycles. The predicted octanol–water partition coefficient (Wildman–Crippen LogP) is 5.55. The fourth-order valence-corrected chi connectivity index (χ4v) is 1.58. The lowest BCUT2D eigenvalue weighted by atomic mass is 10.1. The number of aryl methyl sites for hydroxylation is 3. The largest absolute Gasteiger partial charge is 0.497 e. The minimum Gasteiger partial charge on any atom is -0.497 e. The van der Waals surface area contributed by atoms with Gasteiger partial charge in [-0.05, 0) is 61.7 Å². The molecule has 4 heteroatoms. The van der Waals surface area contributed by atoms with E-state index in [0.29, 0.717) is 0 Å². The molecule has 0 bridgehead atoms. The van der Waals surface area contributed by atoms with E-state index in [4.69, 9.17) is 9.47 Å². The smallest absolute Gasteiger partial charge is 0.119 e. The maximum Gasteiger partial charge on any atom is 0.119 e. The van der Waals surface area contributed by atoms with Gasteiger partial charge in [0.15, 0.2) is 0 Å². The van der Waals surface area contributed by atoms with Crippen molar-refractivity contribution < 1.29 is 9.47 Å². The maximum atomic E-state index is 5.05. The SMILES string of the molecule is COc1ccc(C)c(C)c1.COc1cccc(C)c1.I.I. The van der Waals surface area contributed by atoms with Crippen molar-refractivity contribution in [2.24, 2.45) is 0 Å². The summed E-state index contributed by atoms with van der Waals surface area (Å²) in [7, 11) is 3.36. The van der Waals surface area contributed by atoms with E-state index in [1.165, 1.54) is 16.7 Å². The van der Waals surface area contributed by atoms with Gasteiger partial charge in [0, 0.05) is 0 Å². The Morgan fingerprint density at radius 2 is 1.24 bits per heavy atom. The summed E-state index contributed by atoms with van der Waals surface area (Å²) >= 11 is 0. The molecule has 0 N–H and O–H groups in total. The van der Waals surface area contributed by atoms with Crippen molar-refractivity contribution in [3.05, 3.63) is 59.2 Å². The molecular formula is C17H24I2O2. The summed E-state index contributed by atoms with van der Waals surface area (Å²) in [6, 6.07) is 14.0. The molecule has 0 aliphatic rings. The van der Waals surface area contributed by atoms with Crippen LogP contribution in [0.25, 0.3) is 0 Å². The lowest BCUT2D eigenvalue weighted by Crippen LogP contribution is -1.85. The molecule has 2 aromatic carbocycles. The van der Waals surface area contributed by atoms with Crippen LogP contribution in [-0.4, -0.2) is 14.2 Å². The van der Waals surface area contributed by atoms with Crippen LogP contribution in [0, 0.1) is 20.8 Å². The van der Waals surface area contributed by atoms with Gasteiger partial charge >= 0.3 is 0 Å². The van der Waals surface area contributed by atoms with Crippen LogP contribution in [0.5, 0.6) is 11.5 Å². The van der Waals surface area contributed by atoms with Crippen molar-refractivity contribution in [2.75, 3.05) is 14.2 Å². The first-order valence-corrected chi connectivity index (χ1v) is 6.28. The summed E-state index contributed by atoms with van der Waals surface area (Å²) in [6.07, 6.45) is 0. The first kappa shape index (κ1) is 22.8. The molecule has 0 fully saturated rings. The van der Waals surface area contributed by atoms with Crippen LogP contribution in [0.1, 0.15) is 16.7 Å². The van der Waals surface area contributed by atoms with E-state index in [1.54, 1.807) is 14.2 Å². The molecule has 0 amide bonds. The van der Waals surface area contributed by atoms with E-state index in [9.17, 15) is 0 Å². The molecule has 0 saturated carbocycles. The van der Waals surface area contributed by atoms with Gasteiger partial charge in [0.25, 0.3) is 0 Å². The molecule has 2 nitrogen and oxygen atoms in total. The number of ether oxygens (including phenoxy) is 2. The van der Waals surface area contributed by atoms with Crippen LogP contribution in [0.4, 0.5) is 0 Å². The van der Waals surface area contributed by atoms with Crippen LogP contribution in [0.2, 0.25) is 0 Å². The Morgan fingerprint density at radius 3 is 1.67 bits per heavy atom. The molecule has 21 heavy (non-hydrogen) atoms. The summed E-state index contributed by atoms with van der Waals surface area (Å²) < 4.78 is 10.0. The van der Waals surface area contributed by atoms with Gasteiger partial charge in [0.05, 0.1) is 14.2 Å². The fourth-order valence-electron chi connectivity index (χ4n) is 1.58. The molecule has 0 saturated heterocycles. The monoisotopic (exact) mass is 514 g/mol. The fraction of sp³-hybridized carbons (Fsp3) is 0.294. The van der Waals surface area contributed by atoms with Gasteiger partial charge in [0.1, 0.15) is 11.5 Å². The third-order valence-electron chi connectivity index (χ3n) is 2.94. The van der Waals surface area contributed by atoms with Gasteiger partial charge in [-0.25, -0.2) is 0 Å². The standard InChI is InChI=1S/C9H12O.C8H10O.2HI/c1-7-4-5-9(10-3)6-8(7)2;1-7-4-3-5-8(6-7)9-2;;/h4-6H,1-3H3;3-6H,1-2H3;2*1H. The number of halogens is 2. The molecular weight excluding hydrogens is 490 g/mol. The number of benzene rings is 2. The lowest BCUT2D eigenvalue weighted by molar-refractivity contribution is 0.414. The van der Waals surface area contributed by atoms with Gasteiger partial charge in [-0.3, -0.25) is 0 Å². The van der Waals surface area contributed by atoms with E-state index < -0.39 is 0 Å². The molecule has 0 heterocycles. The van der Waals surface area contributed by atoms with E-state index in [0.717, 1.165) is 11.5 Å². The predicted molar refractivity (Wildman–Crippen MR) is 111 cm³/mol. The highest BCUT2D eigenvalue weighted by atomic mass is 127. The summed E-state index contributed by atoms with van der Waals surface area (Å²) in [4.78, 5) is 0. The Labute approximate surface area is 162 Å². The second-order valence-corrected chi connectivity index (χ2v) is 4.47. The van der Waals surface area contributed by atoms with Crippen molar-refractivity contribution in [3.63, 3.8) is 0 Å². The topological polar surface area (TPSA) is 18.5 Å². The van der Waals surface area contributed by atoms with Crippen LogP contribution >= 0.6 is 48.0 Å². The van der Waals surface area contributed by atoms with Crippen LogP contribution in [0.15, 0.2) is 42.5 Å². The highest BCUT2D eigenvalue weighted by Gasteiger charge is 1.93. The number of methoxy groups -OCH3 is 2. The van der Waals surface area contributed by atoms with Crippen molar-refractivity contribution in [1.29, 1.82) is 0 Å². The Bertz CT molecular complexity index is 528. The molecule has 0 aliphatic carbocycles. The van der Waals surface area contributed by atoms with Crippen molar-refractivity contribution >= 4 is 48.0 Å². The third-order valence-corrected chi connectivity index (χ3v) is 2.94. The second-order valence-electron chi connectivity index (χ2n) is 4.47. The number of hydrogen-bond acceptors (Lipinski definition) is 2. The molecule has 118 valence electrons. The van der Waals surface area contributed by atoms with Crippen molar-refractivity contribution in [1.82, 2.24) is 0 Å². The molecule has 0 atom stereocenters. The average Bonchev–Trinajstić information content (AvgIpc) is 2.42. The molecule has 2 aromatic rings. The second kappa shape index (κ2) is 12.1. The van der Waals surface area contributed by atoms with Gasteiger partial charge in [-0.15, -0.1) is 48.0 Å². The highest BCUT2D eigenvalue weighted by Crippen LogP contribution is 2.15. The Hall–Kier alpha value is -0.500. The van der Waals surface area contributed by atoms with Crippen molar-refractivity contribution in [2.45, 2.75) is 20.8 Å². The average molecular weight is 514 g/mol. The van der Waals surface area contributed by atoms with Crippen LogP contribution < -0.4 is 9.47 Å². The quantitative estimate of drug-likeness (QED) is 0.490. The maximum absolute atomic E-state index is 5.05. The number of hydrogen-bond donors (Lipinski definition) is 0. The Balaban J connectivity index is 0. The zero-order valence-corrected chi connectivity index (χ0v) is 17.8. The third kappa shape index (κ3) is 8.50. The molecule has 2 rings (SSSR count). The van der Waals surface area contributed by atoms with Crippen molar-refractivity contribution in [3.8, 4) is 11.5 Å². The van der Waals surface area contributed by atoms with Gasteiger partial charge in [-0.2, -0.15) is 0 Å². The van der Waals surface area contributed by atoms with Crippen LogP contribution in [0.3, 0.4) is 0 Å². The van der Waals surface area contributed by atoms with E-state index in [-0.39, 0.29) is 48.0 Å². The van der Waals surface area contributed by atoms with E-state index in [2.05, 4.69) is 19.9 Å². The summed E-state index contributed by atoms with van der Waals surface area (Å²) in [6.45, 7) is 6.22. The van der Waals surface area contributed by atoms with Gasteiger partial charge in [-0.1, -0.05) is 18.2 Å². The minimum absolute atomic E-state index is 0. The zero-order valence-electron chi connectivity index (χ0n) is 13.2. The van der Waals surface area contributed by atoms with E-state index >= 15 is 0 Å². The highest BCUT2D eigenvalue weighted by molar-refractivity contribution is 14.0. The zero-order chi connectivity index (χ0) is 14.3. The van der Waals surface area contributed by atoms with Gasteiger partial charge < -0.3 is 9.47 Å². The normalized spacial score (nSPS) is 8.43. The lowest BCUT2D eigenvalue weighted by Gasteiger charge is -2.02. The first-order valence-electron chi connectivity index (χ1n) is 6.28. The van der Waals surface area contributed by atoms with E-state index in [1.807, 2.05) is 43.3 Å². The molecule has 0 unspecified atom stereocenters. The Morgan fingerprint density at radius 1 is 0.667 bits per heavy atom. The molecule has 0 radical (unpaired) electrons. The molecule has 0 spiro atoms. The number of rotatable bonds is 2. The first-order chi connectivity index (χ1) is 9.06.